The molecular weight excluding hydrogens is 222 g/mol. The molecule has 2 aromatic heterocycles. The minimum atomic E-state index is 0.705. The van der Waals surface area contributed by atoms with Crippen molar-refractivity contribution in [2.75, 3.05) is 13.1 Å². The molecule has 0 amide bonds. The first-order valence-electron chi connectivity index (χ1n) is 7.04. The van der Waals surface area contributed by atoms with Gasteiger partial charge in [0, 0.05) is 24.3 Å². The first-order chi connectivity index (χ1) is 8.90. The molecule has 0 radical (unpaired) electrons. The summed E-state index contributed by atoms with van der Waals surface area (Å²) in [6.07, 6.45) is 7.91. The average Bonchev–Trinajstić information content (AvgIpc) is 2.80. The van der Waals surface area contributed by atoms with Gasteiger partial charge >= 0.3 is 0 Å². The Labute approximate surface area is 108 Å². The van der Waals surface area contributed by atoms with E-state index in [1.165, 1.54) is 23.8 Å². The van der Waals surface area contributed by atoms with Crippen LogP contribution in [0, 0.1) is 0 Å². The molecule has 3 nitrogen and oxygen atoms in total. The largest absolute Gasteiger partial charge is 0.332 e. The molecule has 0 bridgehead atoms. The summed E-state index contributed by atoms with van der Waals surface area (Å²) in [6.45, 7) is 5.58. The quantitative estimate of drug-likeness (QED) is 0.898. The predicted octanol–water partition coefficient (Wildman–Crippen LogP) is 2.91. The SMILES string of the molecule is CCCn1cc(C2CCNCC2)c2cccnc21. The van der Waals surface area contributed by atoms with Crippen molar-refractivity contribution in [3.05, 3.63) is 30.1 Å². The van der Waals surface area contributed by atoms with Gasteiger partial charge < -0.3 is 9.88 Å². The van der Waals surface area contributed by atoms with Crippen molar-refractivity contribution in [1.29, 1.82) is 0 Å². The van der Waals surface area contributed by atoms with Crippen LogP contribution in [0.1, 0.15) is 37.7 Å². The number of nitrogens with one attached hydrogen (secondary N) is 1. The summed E-state index contributed by atoms with van der Waals surface area (Å²) in [7, 11) is 0. The fraction of sp³-hybridized carbons (Fsp3) is 0.533. The van der Waals surface area contributed by atoms with E-state index in [9.17, 15) is 0 Å². The van der Waals surface area contributed by atoms with Gasteiger partial charge in [-0.15, -0.1) is 0 Å². The molecule has 96 valence electrons. The topological polar surface area (TPSA) is 29.9 Å². The second-order valence-electron chi connectivity index (χ2n) is 5.18. The van der Waals surface area contributed by atoms with Gasteiger partial charge in [-0.1, -0.05) is 6.92 Å². The van der Waals surface area contributed by atoms with Crippen LogP contribution in [0.2, 0.25) is 0 Å². The molecule has 2 aromatic rings. The molecule has 0 unspecified atom stereocenters. The fourth-order valence-corrected chi connectivity index (χ4v) is 3.02. The molecule has 0 aliphatic carbocycles. The maximum atomic E-state index is 4.56. The van der Waals surface area contributed by atoms with E-state index in [0.717, 1.165) is 31.7 Å². The zero-order chi connectivity index (χ0) is 12.4. The zero-order valence-corrected chi connectivity index (χ0v) is 11.0. The molecule has 1 fully saturated rings. The number of fused-ring (bicyclic) bond motifs is 1. The summed E-state index contributed by atoms with van der Waals surface area (Å²) in [5.74, 6) is 0.705. The molecule has 0 saturated carbocycles. The van der Waals surface area contributed by atoms with E-state index in [-0.39, 0.29) is 0 Å². The molecule has 18 heavy (non-hydrogen) atoms. The van der Waals surface area contributed by atoms with Gasteiger partial charge in [-0.3, -0.25) is 0 Å². The van der Waals surface area contributed by atoms with E-state index in [4.69, 9.17) is 0 Å². The summed E-state index contributed by atoms with van der Waals surface area (Å²) in [5, 5.41) is 4.80. The van der Waals surface area contributed by atoms with Crippen molar-refractivity contribution in [2.24, 2.45) is 0 Å². The molecule has 1 N–H and O–H groups in total. The van der Waals surface area contributed by atoms with Crippen molar-refractivity contribution in [3.63, 3.8) is 0 Å². The Balaban J connectivity index is 2.04. The molecule has 0 aromatic carbocycles. The number of hydrogen-bond acceptors (Lipinski definition) is 2. The normalized spacial score (nSPS) is 17.4. The Morgan fingerprint density at radius 1 is 1.39 bits per heavy atom. The maximum Gasteiger partial charge on any atom is 0.140 e. The first kappa shape index (κ1) is 11.7. The standard InChI is InChI=1S/C15H21N3/c1-2-10-18-11-14(12-5-8-16-9-6-12)13-4-3-7-17-15(13)18/h3-4,7,11-12,16H,2,5-6,8-10H2,1H3. The molecule has 1 aliphatic heterocycles. The number of piperidine rings is 1. The maximum absolute atomic E-state index is 4.56. The van der Waals surface area contributed by atoms with Gasteiger partial charge in [-0.05, 0) is 56.0 Å². The molecule has 3 heteroatoms. The molecule has 0 spiro atoms. The van der Waals surface area contributed by atoms with E-state index < -0.39 is 0 Å². The third-order valence-electron chi connectivity index (χ3n) is 3.91. The number of hydrogen-bond donors (Lipinski definition) is 1. The van der Waals surface area contributed by atoms with Crippen LogP contribution in [0.25, 0.3) is 11.0 Å². The minimum Gasteiger partial charge on any atom is -0.332 e. The number of aromatic nitrogens is 2. The summed E-state index contributed by atoms with van der Waals surface area (Å²) >= 11 is 0. The van der Waals surface area contributed by atoms with Crippen molar-refractivity contribution < 1.29 is 0 Å². The third-order valence-corrected chi connectivity index (χ3v) is 3.91. The summed E-state index contributed by atoms with van der Waals surface area (Å²) in [5.41, 5.74) is 2.67. The van der Waals surface area contributed by atoms with Crippen molar-refractivity contribution in [3.8, 4) is 0 Å². The molecule has 3 rings (SSSR count). The van der Waals surface area contributed by atoms with Crippen LogP contribution in [-0.4, -0.2) is 22.6 Å². The number of pyridine rings is 1. The molecule has 0 atom stereocenters. The summed E-state index contributed by atoms with van der Waals surface area (Å²) in [4.78, 5) is 4.56. The third kappa shape index (κ3) is 2.03. The van der Waals surface area contributed by atoms with Gasteiger partial charge in [0.05, 0.1) is 0 Å². The fourth-order valence-electron chi connectivity index (χ4n) is 3.02. The van der Waals surface area contributed by atoms with Crippen LogP contribution in [0.3, 0.4) is 0 Å². The van der Waals surface area contributed by atoms with Crippen molar-refractivity contribution in [1.82, 2.24) is 14.9 Å². The van der Waals surface area contributed by atoms with Crippen LogP contribution >= 0.6 is 0 Å². The lowest BCUT2D eigenvalue weighted by atomic mass is 9.90. The number of nitrogens with zero attached hydrogens (tertiary/aromatic N) is 2. The zero-order valence-electron chi connectivity index (χ0n) is 11.0. The van der Waals surface area contributed by atoms with Gasteiger partial charge in [0.1, 0.15) is 5.65 Å². The Hall–Kier alpha value is -1.35. The van der Waals surface area contributed by atoms with Gasteiger partial charge in [-0.2, -0.15) is 0 Å². The second kappa shape index (κ2) is 5.11. The highest BCUT2D eigenvalue weighted by atomic mass is 15.0. The lowest BCUT2D eigenvalue weighted by molar-refractivity contribution is 0.461. The lowest BCUT2D eigenvalue weighted by Gasteiger charge is -2.22. The van der Waals surface area contributed by atoms with E-state index >= 15 is 0 Å². The van der Waals surface area contributed by atoms with Crippen LogP contribution in [0.15, 0.2) is 24.5 Å². The first-order valence-corrected chi connectivity index (χ1v) is 7.04. The summed E-state index contributed by atoms with van der Waals surface area (Å²) in [6, 6.07) is 4.29. The molecular formula is C15H21N3. The van der Waals surface area contributed by atoms with Gasteiger partial charge in [0.25, 0.3) is 0 Å². The Kier molecular flexibility index (Phi) is 3.33. The Bertz CT molecular complexity index is 524. The Morgan fingerprint density at radius 2 is 2.22 bits per heavy atom. The second-order valence-corrected chi connectivity index (χ2v) is 5.18. The smallest absolute Gasteiger partial charge is 0.140 e. The Morgan fingerprint density at radius 3 is 3.00 bits per heavy atom. The van der Waals surface area contributed by atoms with E-state index in [2.05, 4.69) is 40.1 Å². The highest BCUT2D eigenvalue weighted by Crippen LogP contribution is 2.32. The molecule has 1 saturated heterocycles. The van der Waals surface area contributed by atoms with E-state index in [0.29, 0.717) is 5.92 Å². The van der Waals surface area contributed by atoms with Gasteiger partial charge in [0.15, 0.2) is 0 Å². The minimum absolute atomic E-state index is 0.705. The van der Waals surface area contributed by atoms with Crippen LogP contribution in [-0.2, 0) is 6.54 Å². The molecule has 3 heterocycles. The highest BCUT2D eigenvalue weighted by molar-refractivity contribution is 5.81. The van der Waals surface area contributed by atoms with Crippen LogP contribution in [0.5, 0.6) is 0 Å². The molecule has 1 aliphatic rings. The highest BCUT2D eigenvalue weighted by Gasteiger charge is 2.20. The average molecular weight is 243 g/mol. The number of rotatable bonds is 3. The summed E-state index contributed by atoms with van der Waals surface area (Å²) < 4.78 is 2.33. The lowest BCUT2D eigenvalue weighted by Crippen LogP contribution is -2.26. The van der Waals surface area contributed by atoms with Crippen LogP contribution < -0.4 is 5.32 Å². The van der Waals surface area contributed by atoms with Gasteiger partial charge in [0.2, 0.25) is 0 Å². The van der Waals surface area contributed by atoms with Gasteiger partial charge in [-0.25, -0.2) is 4.98 Å². The van der Waals surface area contributed by atoms with Crippen molar-refractivity contribution in [2.45, 2.75) is 38.6 Å². The number of aryl methyl sites for hydroxylation is 1. The van der Waals surface area contributed by atoms with Crippen molar-refractivity contribution >= 4 is 11.0 Å². The predicted molar refractivity (Wildman–Crippen MR) is 74.9 cm³/mol. The van der Waals surface area contributed by atoms with E-state index in [1.54, 1.807) is 0 Å². The van der Waals surface area contributed by atoms with E-state index in [1.807, 2.05) is 6.20 Å². The van der Waals surface area contributed by atoms with Crippen LogP contribution in [0.4, 0.5) is 0 Å². The monoisotopic (exact) mass is 243 g/mol.